The highest BCUT2D eigenvalue weighted by Crippen LogP contribution is 2.27. The summed E-state index contributed by atoms with van der Waals surface area (Å²) in [5, 5.41) is 4.71. The van der Waals surface area contributed by atoms with Gasteiger partial charge < -0.3 is 15.0 Å². The molecule has 0 spiro atoms. The lowest BCUT2D eigenvalue weighted by atomic mass is 10.0. The largest absolute Gasteiger partial charge is 0.466 e. The Hall–Kier alpha value is -3.67. The van der Waals surface area contributed by atoms with Crippen molar-refractivity contribution in [1.82, 2.24) is 5.32 Å². The van der Waals surface area contributed by atoms with Gasteiger partial charge in [0, 0.05) is 17.8 Å². The van der Waals surface area contributed by atoms with Crippen LogP contribution in [0.25, 0.3) is 10.8 Å². The van der Waals surface area contributed by atoms with Crippen molar-refractivity contribution < 1.29 is 19.1 Å². The van der Waals surface area contributed by atoms with E-state index in [1.807, 2.05) is 48.5 Å². The fourth-order valence-electron chi connectivity index (χ4n) is 3.75. The van der Waals surface area contributed by atoms with Crippen LogP contribution in [-0.2, 0) is 14.3 Å². The number of benzene rings is 3. The third kappa shape index (κ3) is 3.76. The van der Waals surface area contributed by atoms with Crippen LogP contribution >= 0.6 is 0 Å². The number of carbonyl (C=O) groups is 3. The molecule has 30 heavy (non-hydrogen) atoms. The molecule has 1 N–H and O–H groups in total. The van der Waals surface area contributed by atoms with Crippen molar-refractivity contribution in [2.75, 3.05) is 18.1 Å². The molecule has 4 rings (SSSR count). The summed E-state index contributed by atoms with van der Waals surface area (Å²) in [5.41, 5.74) is 1.11. The van der Waals surface area contributed by atoms with Gasteiger partial charge in [0.15, 0.2) is 0 Å². The molecule has 1 fully saturated rings. The van der Waals surface area contributed by atoms with Crippen molar-refractivity contribution in [1.29, 1.82) is 0 Å². The molecule has 1 heterocycles. The second-order valence-electron chi connectivity index (χ2n) is 7.16. The van der Waals surface area contributed by atoms with Crippen LogP contribution in [-0.4, -0.2) is 37.0 Å². The molecule has 0 unspecified atom stereocenters. The molecule has 1 saturated heterocycles. The van der Waals surface area contributed by atoms with E-state index in [4.69, 9.17) is 4.74 Å². The third-order valence-corrected chi connectivity index (χ3v) is 5.27. The van der Waals surface area contributed by atoms with Crippen LogP contribution in [0.15, 0.2) is 72.8 Å². The van der Waals surface area contributed by atoms with Crippen LogP contribution in [0.3, 0.4) is 0 Å². The summed E-state index contributed by atoms with van der Waals surface area (Å²) >= 11 is 0. The van der Waals surface area contributed by atoms with Gasteiger partial charge in [0.05, 0.1) is 6.61 Å². The number of fused-ring (bicyclic) bond motifs is 1. The number of para-hydroxylation sites is 1. The molecule has 2 amide bonds. The van der Waals surface area contributed by atoms with Crippen LogP contribution in [0.5, 0.6) is 0 Å². The van der Waals surface area contributed by atoms with E-state index < -0.39 is 23.8 Å². The van der Waals surface area contributed by atoms with Gasteiger partial charge in [-0.2, -0.15) is 0 Å². The highest BCUT2D eigenvalue weighted by atomic mass is 16.5. The predicted molar refractivity (Wildman–Crippen MR) is 114 cm³/mol. The first kappa shape index (κ1) is 19.6. The second-order valence-corrected chi connectivity index (χ2v) is 7.16. The van der Waals surface area contributed by atoms with Crippen molar-refractivity contribution >= 4 is 34.2 Å². The van der Waals surface area contributed by atoms with Gasteiger partial charge in [-0.3, -0.25) is 14.4 Å². The van der Waals surface area contributed by atoms with Crippen molar-refractivity contribution in [3.63, 3.8) is 0 Å². The summed E-state index contributed by atoms with van der Waals surface area (Å²) in [5.74, 6) is -1.99. The fraction of sp³-hybridized carbons (Fsp3) is 0.208. The molecule has 2 atom stereocenters. The van der Waals surface area contributed by atoms with E-state index in [1.165, 1.54) is 4.90 Å². The Labute approximate surface area is 174 Å². The topological polar surface area (TPSA) is 75.7 Å². The number of nitrogens with zero attached hydrogens (tertiary/aromatic N) is 1. The van der Waals surface area contributed by atoms with Crippen molar-refractivity contribution in [2.24, 2.45) is 5.92 Å². The number of nitrogens with one attached hydrogen (secondary N) is 1. The maximum absolute atomic E-state index is 13.1. The Kier molecular flexibility index (Phi) is 5.48. The lowest BCUT2D eigenvalue weighted by molar-refractivity contribution is -0.148. The van der Waals surface area contributed by atoms with Gasteiger partial charge in [0.2, 0.25) is 0 Å². The number of ether oxygens (including phenoxy) is 1. The first-order chi connectivity index (χ1) is 14.6. The van der Waals surface area contributed by atoms with Gasteiger partial charge in [0.1, 0.15) is 12.0 Å². The fourth-order valence-corrected chi connectivity index (χ4v) is 3.75. The maximum atomic E-state index is 13.1. The Morgan fingerprint density at radius 2 is 1.70 bits per heavy atom. The van der Waals surface area contributed by atoms with Crippen molar-refractivity contribution in [3.8, 4) is 0 Å². The number of hydrogen-bond acceptors (Lipinski definition) is 4. The molecule has 6 nitrogen and oxygen atoms in total. The number of amides is 2. The summed E-state index contributed by atoms with van der Waals surface area (Å²) in [7, 11) is 0. The molecular formula is C24H22N2O4. The summed E-state index contributed by atoms with van der Waals surface area (Å²) in [6.07, 6.45) is 0. The van der Waals surface area contributed by atoms with E-state index in [2.05, 4.69) is 5.32 Å². The van der Waals surface area contributed by atoms with Crippen LogP contribution in [0.2, 0.25) is 0 Å². The van der Waals surface area contributed by atoms with Crippen LogP contribution in [0.4, 0.5) is 5.69 Å². The van der Waals surface area contributed by atoms with Crippen molar-refractivity contribution in [2.45, 2.75) is 13.0 Å². The zero-order valence-electron chi connectivity index (χ0n) is 16.6. The quantitative estimate of drug-likeness (QED) is 0.665. The molecule has 0 aromatic heterocycles. The minimum Gasteiger partial charge on any atom is -0.466 e. The Morgan fingerprint density at radius 1 is 1.00 bits per heavy atom. The summed E-state index contributed by atoms with van der Waals surface area (Å²) in [6, 6.07) is 21.2. The van der Waals surface area contributed by atoms with Crippen molar-refractivity contribution in [3.05, 3.63) is 78.4 Å². The molecule has 3 aromatic rings. The first-order valence-electron chi connectivity index (χ1n) is 9.91. The Bertz CT molecular complexity index is 1100. The van der Waals surface area contributed by atoms with E-state index in [1.54, 1.807) is 31.2 Å². The van der Waals surface area contributed by atoms with E-state index in [0.717, 1.165) is 10.8 Å². The molecule has 3 aromatic carbocycles. The van der Waals surface area contributed by atoms with E-state index in [9.17, 15) is 14.4 Å². The molecule has 1 aliphatic heterocycles. The summed E-state index contributed by atoms with van der Waals surface area (Å²) < 4.78 is 5.16. The molecule has 0 radical (unpaired) electrons. The lowest BCUT2D eigenvalue weighted by Crippen LogP contribution is -2.46. The van der Waals surface area contributed by atoms with Gasteiger partial charge in [0.25, 0.3) is 11.8 Å². The van der Waals surface area contributed by atoms with Gasteiger partial charge in [-0.25, -0.2) is 0 Å². The number of anilines is 1. The highest BCUT2D eigenvalue weighted by Gasteiger charge is 2.46. The minimum atomic E-state index is -0.983. The molecule has 152 valence electrons. The van der Waals surface area contributed by atoms with E-state index in [0.29, 0.717) is 11.3 Å². The number of hydrogen-bond donors (Lipinski definition) is 1. The van der Waals surface area contributed by atoms with Crippen LogP contribution < -0.4 is 10.2 Å². The Balaban J connectivity index is 1.60. The summed E-state index contributed by atoms with van der Waals surface area (Å²) in [6.45, 7) is 2.08. The van der Waals surface area contributed by atoms with Crippen LogP contribution in [0, 0.1) is 5.92 Å². The van der Waals surface area contributed by atoms with E-state index >= 15 is 0 Å². The maximum Gasteiger partial charge on any atom is 0.313 e. The molecule has 6 heteroatoms. The average molecular weight is 402 g/mol. The highest BCUT2D eigenvalue weighted by molar-refractivity contribution is 6.07. The van der Waals surface area contributed by atoms with Gasteiger partial charge >= 0.3 is 5.97 Å². The molecule has 0 bridgehead atoms. The normalized spacial score (nSPS) is 18.4. The molecule has 0 saturated carbocycles. The van der Waals surface area contributed by atoms with Crippen LogP contribution in [0.1, 0.15) is 17.3 Å². The first-order valence-corrected chi connectivity index (χ1v) is 9.91. The zero-order chi connectivity index (χ0) is 21.1. The van der Waals surface area contributed by atoms with Gasteiger partial charge in [-0.15, -0.1) is 0 Å². The Morgan fingerprint density at radius 3 is 2.43 bits per heavy atom. The smallest absolute Gasteiger partial charge is 0.313 e. The number of rotatable bonds is 5. The molecular weight excluding hydrogens is 380 g/mol. The molecule has 0 aliphatic carbocycles. The number of carbonyl (C=O) groups excluding carboxylic acids is 3. The molecule has 1 aliphatic rings. The minimum absolute atomic E-state index is 0.157. The van der Waals surface area contributed by atoms with Gasteiger partial charge in [-0.1, -0.05) is 48.5 Å². The lowest BCUT2D eigenvalue weighted by Gasteiger charge is -2.17. The monoisotopic (exact) mass is 402 g/mol. The summed E-state index contributed by atoms with van der Waals surface area (Å²) in [4.78, 5) is 40.1. The number of esters is 1. The zero-order valence-corrected chi connectivity index (χ0v) is 16.6. The standard InChI is InChI=1S/C24H22N2O4/c1-2-30-24(29)20-15-26(19-10-4-3-5-11-19)23(28)21(20)25-22(27)18-13-12-16-8-6-7-9-17(16)14-18/h3-14,20-21H,2,15H2,1H3,(H,25,27)/t20-,21-/m0/s1. The second kappa shape index (κ2) is 8.37. The predicted octanol–water partition coefficient (Wildman–Crippen LogP) is 3.16. The SMILES string of the molecule is CCOC(=O)[C@H]1CN(c2ccccc2)C(=O)[C@H]1NC(=O)c1ccc2ccccc2c1. The van der Waals surface area contributed by atoms with Gasteiger partial charge in [-0.05, 0) is 42.0 Å². The van der Waals surface area contributed by atoms with E-state index in [-0.39, 0.29) is 19.1 Å². The third-order valence-electron chi connectivity index (χ3n) is 5.27. The average Bonchev–Trinajstić information content (AvgIpc) is 3.10.